The average molecular weight is 276 g/mol. The molecular weight excluding hydrogens is 256 g/mol. The maximum atomic E-state index is 11.9. The van der Waals surface area contributed by atoms with Crippen LogP contribution < -0.4 is 5.56 Å². The zero-order valence-corrected chi connectivity index (χ0v) is 12.3. The van der Waals surface area contributed by atoms with Crippen molar-refractivity contribution in [2.45, 2.75) is 32.3 Å². The number of H-pyrrole nitrogens is 1. The molecule has 0 fully saturated rings. The Morgan fingerprint density at radius 2 is 2.10 bits per heavy atom. The van der Waals surface area contributed by atoms with E-state index in [9.17, 15) is 4.79 Å². The lowest BCUT2D eigenvalue weighted by Gasteiger charge is -2.29. The summed E-state index contributed by atoms with van der Waals surface area (Å²) in [7, 11) is 3.47. The summed E-state index contributed by atoms with van der Waals surface area (Å²) < 4.78 is 7.30. The van der Waals surface area contributed by atoms with Crippen molar-refractivity contribution in [3.8, 4) is 11.3 Å². The van der Waals surface area contributed by atoms with E-state index in [0.717, 1.165) is 18.4 Å². The Kier molecular flexibility index (Phi) is 4.04. The van der Waals surface area contributed by atoms with E-state index in [0.29, 0.717) is 11.5 Å². The first-order valence-electron chi connectivity index (χ1n) is 6.70. The fraction of sp³-hybridized carbons (Fsp3) is 0.500. The summed E-state index contributed by atoms with van der Waals surface area (Å²) >= 11 is 0. The van der Waals surface area contributed by atoms with Crippen LogP contribution in [0, 0.1) is 0 Å². The molecule has 0 spiro atoms. The van der Waals surface area contributed by atoms with Crippen LogP contribution in [0.5, 0.6) is 0 Å². The Morgan fingerprint density at radius 1 is 1.40 bits per heavy atom. The topological polar surface area (TPSA) is 72.8 Å². The van der Waals surface area contributed by atoms with Gasteiger partial charge in [0.15, 0.2) is 0 Å². The predicted molar refractivity (Wildman–Crippen MR) is 76.3 cm³/mol. The number of aryl methyl sites for hydroxylation is 1. The molecule has 2 heterocycles. The third kappa shape index (κ3) is 2.51. The maximum absolute atomic E-state index is 11.9. The highest BCUT2D eigenvalue weighted by Gasteiger charge is 2.31. The van der Waals surface area contributed by atoms with Gasteiger partial charge >= 0.3 is 0 Å². The molecular formula is C14H20N4O2. The highest BCUT2D eigenvalue weighted by Crippen LogP contribution is 2.30. The number of hydrogen-bond donors (Lipinski definition) is 1. The van der Waals surface area contributed by atoms with E-state index in [2.05, 4.69) is 15.1 Å². The van der Waals surface area contributed by atoms with Crippen LogP contribution in [0.2, 0.25) is 0 Å². The van der Waals surface area contributed by atoms with Gasteiger partial charge in [-0.15, -0.1) is 0 Å². The van der Waals surface area contributed by atoms with E-state index in [4.69, 9.17) is 4.74 Å². The fourth-order valence-electron chi connectivity index (χ4n) is 2.35. The van der Waals surface area contributed by atoms with Crippen LogP contribution in [0.15, 0.2) is 23.3 Å². The van der Waals surface area contributed by atoms with Gasteiger partial charge in [-0.2, -0.15) is 5.10 Å². The van der Waals surface area contributed by atoms with Crippen molar-refractivity contribution in [1.29, 1.82) is 0 Å². The second-order valence-electron chi connectivity index (χ2n) is 4.79. The van der Waals surface area contributed by atoms with Crippen molar-refractivity contribution in [2.24, 2.45) is 7.05 Å². The number of aromatic amines is 1. The lowest BCUT2D eigenvalue weighted by atomic mass is 9.96. The van der Waals surface area contributed by atoms with Crippen LogP contribution in [0.4, 0.5) is 0 Å². The van der Waals surface area contributed by atoms with Crippen LogP contribution in [0.1, 0.15) is 32.5 Å². The SMILES string of the molecule is CCC(CC)(OC)c1nc(-c2cnn(C)c2)cc(=O)[nH]1. The number of aromatic nitrogens is 4. The van der Waals surface area contributed by atoms with E-state index >= 15 is 0 Å². The lowest BCUT2D eigenvalue weighted by molar-refractivity contribution is -0.0292. The Bertz CT molecular complexity index is 632. The first-order chi connectivity index (χ1) is 9.54. The Balaban J connectivity index is 2.56. The van der Waals surface area contributed by atoms with Crippen molar-refractivity contribution in [1.82, 2.24) is 19.7 Å². The highest BCUT2D eigenvalue weighted by molar-refractivity contribution is 5.56. The predicted octanol–water partition coefficient (Wildman–Crippen LogP) is 1.83. The molecule has 0 atom stereocenters. The van der Waals surface area contributed by atoms with Crippen LogP contribution in [-0.2, 0) is 17.4 Å². The summed E-state index contributed by atoms with van der Waals surface area (Å²) in [6.07, 6.45) is 4.99. The minimum atomic E-state index is -0.558. The Labute approximate surface area is 117 Å². The molecule has 0 bridgehead atoms. The zero-order valence-electron chi connectivity index (χ0n) is 12.3. The van der Waals surface area contributed by atoms with E-state index in [-0.39, 0.29) is 5.56 Å². The van der Waals surface area contributed by atoms with Crippen LogP contribution >= 0.6 is 0 Å². The van der Waals surface area contributed by atoms with Gasteiger partial charge in [0, 0.05) is 32.0 Å². The van der Waals surface area contributed by atoms with E-state index in [1.54, 1.807) is 18.0 Å². The quantitative estimate of drug-likeness (QED) is 0.904. The van der Waals surface area contributed by atoms with Gasteiger partial charge in [-0.05, 0) is 12.8 Å². The standard InChI is InChI=1S/C14H20N4O2/c1-5-14(6-2,20-4)13-16-11(7-12(19)17-13)10-8-15-18(3)9-10/h7-9H,5-6H2,1-4H3,(H,16,17,19). The molecule has 0 aromatic carbocycles. The van der Waals surface area contributed by atoms with Crippen molar-refractivity contribution in [3.05, 3.63) is 34.6 Å². The zero-order chi connectivity index (χ0) is 14.8. The van der Waals surface area contributed by atoms with Gasteiger partial charge in [0.1, 0.15) is 11.4 Å². The van der Waals surface area contributed by atoms with Crippen molar-refractivity contribution in [2.75, 3.05) is 7.11 Å². The monoisotopic (exact) mass is 276 g/mol. The van der Waals surface area contributed by atoms with Gasteiger partial charge in [0.25, 0.3) is 5.56 Å². The molecule has 0 unspecified atom stereocenters. The normalized spacial score (nSPS) is 11.8. The number of methoxy groups -OCH3 is 1. The second-order valence-corrected chi connectivity index (χ2v) is 4.79. The first-order valence-corrected chi connectivity index (χ1v) is 6.70. The summed E-state index contributed by atoms with van der Waals surface area (Å²) in [6.45, 7) is 4.04. The van der Waals surface area contributed by atoms with Crippen molar-refractivity contribution < 1.29 is 4.74 Å². The minimum absolute atomic E-state index is 0.183. The molecule has 2 rings (SSSR count). The lowest BCUT2D eigenvalue weighted by Crippen LogP contribution is -2.32. The number of ether oxygens (including phenoxy) is 1. The third-order valence-corrected chi connectivity index (χ3v) is 3.71. The van der Waals surface area contributed by atoms with E-state index in [1.165, 1.54) is 6.07 Å². The van der Waals surface area contributed by atoms with Crippen molar-refractivity contribution >= 4 is 0 Å². The molecule has 6 heteroatoms. The fourth-order valence-corrected chi connectivity index (χ4v) is 2.35. The molecule has 108 valence electrons. The van der Waals surface area contributed by atoms with Gasteiger partial charge in [-0.3, -0.25) is 9.48 Å². The molecule has 2 aromatic heterocycles. The molecule has 1 N–H and O–H groups in total. The van der Waals surface area contributed by atoms with Gasteiger partial charge in [0.2, 0.25) is 0 Å². The molecule has 20 heavy (non-hydrogen) atoms. The smallest absolute Gasteiger partial charge is 0.251 e. The molecule has 0 aliphatic heterocycles. The van der Waals surface area contributed by atoms with Gasteiger partial charge in [-0.1, -0.05) is 13.8 Å². The molecule has 6 nitrogen and oxygen atoms in total. The highest BCUT2D eigenvalue weighted by atomic mass is 16.5. The Morgan fingerprint density at radius 3 is 2.60 bits per heavy atom. The van der Waals surface area contributed by atoms with E-state index < -0.39 is 5.60 Å². The molecule has 0 saturated heterocycles. The largest absolute Gasteiger partial charge is 0.370 e. The second kappa shape index (κ2) is 5.58. The summed E-state index contributed by atoms with van der Waals surface area (Å²) in [5, 5.41) is 4.11. The maximum Gasteiger partial charge on any atom is 0.251 e. The summed E-state index contributed by atoms with van der Waals surface area (Å²) in [4.78, 5) is 19.3. The van der Waals surface area contributed by atoms with Crippen molar-refractivity contribution in [3.63, 3.8) is 0 Å². The van der Waals surface area contributed by atoms with Gasteiger partial charge in [0.05, 0.1) is 11.9 Å². The number of nitrogens with one attached hydrogen (secondary N) is 1. The molecule has 0 amide bonds. The van der Waals surface area contributed by atoms with Gasteiger partial charge < -0.3 is 9.72 Å². The average Bonchev–Trinajstić information content (AvgIpc) is 2.88. The van der Waals surface area contributed by atoms with Gasteiger partial charge in [-0.25, -0.2) is 4.98 Å². The minimum Gasteiger partial charge on any atom is -0.370 e. The molecule has 0 radical (unpaired) electrons. The number of nitrogens with zero attached hydrogens (tertiary/aromatic N) is 3. The first kappa shape index (κ1) is 14.5. The molecule has 0 saturated carbocycles. The number of rotatable bonds is 5. The van der Waals surface area contributed by atoms with Crippen LogP contribution in [-0.4, -0.2) is 26.9 Å². The Hall–Kier alpha value is -1.95. The molecule has 0 aliphatic rings. The molecule has 2 aromatic rings. The molecule has 0 aliphatic carbocycles. The summed E-state index contributed by atoms with van der Waals surface area (Å²) in [5.74, 6) is 0.566. The van der Waals surface area contributed by atoms with E-state index in [1.807, 2.05) is 27.1 Å². The van der Waals surface area contributed by atoms with Crippen LogP contribution in [0.25, 0.3) is 11.3 Å². The van der Waals surface area contributed by atoms with Crippen LogP contribution in [0.3, 0.4) is 0 Å². The third-order valence-electron chi connectivity index (χ3n) is 3.71. The summed E-state index contributed by atoms with van der Waals surface area (Å²) in [5.41, 5.74) is 0.687. The number of hydrogen-bond acceptors (Lipinski definition) is 4. The summed E-state index contributed by atoms with van der Waals surface area (Å²) in [6, 6.07) is 1.48.